The van der Waals surface area contributed by atoms with Crippen LogP contribution < -0.4 is 10.6 Å². The Morgan fingerprint density at radius 1 is 1.50 bits per heavy atom. The first kappa shape index (κ1) is 17.2. The number of hydrogen-bond donors (Lipinski definition) is 3. The summed E-state index contributed by atoms with van der Waals surface area (Å²) in [5.41, 5.74) is 6.44. The summed E-state index contributed by atoms with van der Waals surface area (Å²) in [6.07, 6.45) is -1.32. The zero-order valence-electron chi connectivity index (χ0n) is 12.4. The lowest BCUT2D eigenvalue weighted by atomic mass is 10.1. The molecule has 132 valence electrons. The number of nitrogens with zero attached hydrogens (tertiary/aromatic N) is 4. The minimum Gasteiger partial charge on any atom is -0.756 e. The number of ether oxygens (including phenoxy) is 2. The quantitative estimate of drug-likeness (QED) is 0.510. The Balaban J connectivity index is 1.89. The van der Waals surface area contributed by atoms with Gasteiger partial charge in [-0.15, -0.1) is 0 Å². The average molecular weight is 360 g/mol. The van der Waals surface area contributed by atoms with E-state index < -0.39 is 39.0 Å². The summed E-state index contributed by atoms with van der Waals surface area (Å²) in [5.74, 6) is 0.179. The van der Waals surface area contributed by atoms with Crippen LogP contribution >= 0.6 is 7.82 Å². The van der Waals surface area contributed by atoms with E-state index in [4.69, 9.17) is 20.1 Å². The molecule has 12 nitrogen and oxygen atoms in total. The van der Waals surface area contributed by atoms with Crippen molar-refractivity contribution in [3.05, 3.63) is 12.7 Å². The molecule has 1 unspecified atom stereocenters. The molecule has 1 aliphatic heterocycles. The number of nitrogen functional groups attached to an aromatic ring is 1. The van der Waals surface area contributed by atoms with Gasteiger partial charge in [0.1, 0.15) is 30.2 Å². The molecule has 1 fully saturated rings. The zero-order valence-corrected chi connectivity index (χ0v) is 13.3. The van der Waals surface area contributed by atoms with Gasteiger partial charge in [-0.2, -0.15) is 0 Å². The molecule has 5 atom stereocenters. The van der Waals surface area contributed by atoms with Crippen LogP contribution in [0, 0.1) is 0 Å². The lowest BCUT2D eigenvalue weighted by molar-refractivity contribution is -0.222. The van der Waals surface area contributed by atoms with Gasteiger partial charge < -0.3 is 34.6 Å². The minimum atomic E-state index is -4.94. The molecule has 2 aromatic rings. The molecule has 1 aliphatic rings. The first-order chi connectivity index (χ1) is 11.3. The number of nitrogens with two attached hydrogens (primary N) is 1. The van der Waals surface area contributed by atoms with Crippen LogP contribution in [0.2, 0.25) is 0 Å². The molecule has 3 rings (SSSR count). The summed E-state index contributed by atoms with van der Waals surface area (Å²) >= 11 is 0. The van der Waals surface area contributed by atoms with Gasteiger partial charge in [0.15, 0.2) is 17.7 Å². The van der Waals surface area contributed by atoms with Crippen molar-refractivity contribution in [2.75, 3.05) is 19.5 Å². The van der Waals surface area contributed by atoms with Crippen molar-refractivity contribution in [3.8, 4) is 0 Å². The van der Waals surface area contributed by atoms with Crippen LogP contribution in [0.4, 0.5) is 5.82 Å². The molecule has 1 saturated heterocycles. The fraction of sp³-hybridized carbons (Fsp3) is 0.545. The second-order valence-electron chi connectivity index (χ2n) is 5.10. The number of rotatable bonds is 5. The van der Waals surface area contributed by atoms with E-state index >= 15 is 0 Å². The van der Waals surface area contributed by atoms with Crippen molar-refractivity contribution >= 4 is 24.8 Å². The normalized spacial score (nSPS) is 29.8. The SMILES string of the molecule is CO[C@@H]1[C@H](O)[C@@H](COP(=O)([O-])O)O[C@H]1n1cnc2c(N)ncnc21. The van der Waals surface area contributed by atoms with Gasteiger partial charge in [-0.05, 0) is 0 Å². The van der Waals surface area contributed by atoms with Gasteiger partial charge in [0.2, 0.25) is 0 Å². The molecular weight excluding hydrogens is 345 g/mol. The second-order valence-corrected chi connectivity index (χ2v) is 6.30. The van der Waals surface area contributed by atoms with Crippen LogP contribution in [0.5, 0.6) is 0 Å². The fourth-order valence-electron chi connectivity index (χ4n) is 2.56. The van der Waals surface area contributed by atoms with Crippen LogP contribution in [-0.4, -0.2) is 61.5 Å². The number of phosphoric acid groups is 1. The topological polar surface area (TPSA) is 178 Å². The molecule has 0 amide bonds. The molecule has 4 N–H and O–H groups in total. The third-order valence-corrected chi connectivity index (χ3v) is 4.12. The first-order valence-electron chi connectivity index (χ1n) is 6.79. The number of aliphatic hydroxyl groups excluding tert-OH is 1. The summed E-state index contributed by atoms with van der Waals surface area (Å²) < 4.78 is 27.3. The second kappa shape index (κ2) is 6.33. The maximum atomic E-state index is 10.7. The summed E-state index contributed by atoms with van der Waals surface area (Å²) in [4.78, 5) is 31.4. The van der Waals surface area contributed by atoms with Crippen LogP contribution in [0.15, 0.2) is 12.7 Å². The molecule has 2 aromatic heterocycles. The van der Waals surface area contributed by atoms with Crippen molar-refractivity contribution in [1.29, 1.82) is 0 Å². The lowest BCUT2D eigenvalue weighted by Crippen LogP contribution is -2.35. The van der Waals surface area contributed by atoms with Gasteiger partial charge in [-0.25, -0.2) is 15.0 Å². The van der Waals surface area contributed by atoms with Crippen molar-refractivity contribution in [3.63, 3.8) is 0 Å². The molecule has 0 radical (unpaired) electrons. The van der Waals surface area contributed by atoms with E-state index in [1.165, 1.54) is 24.3 Å². The maximum absolute atomic E-state index is 10.7. The Morgan fingerprint density at radius 3 is 2.92 bits per heavy atom. The Bertz CT molecular complexity index is 779. The number of aromatic nitrogens is 4. The Hall–Kier alpha value is -1.66. The van der Waals surface area contributed by atoms with E-state index in [9.17, 15) is 14.6 Å². The molecule has 0 saturated carbocycles. The molecule has 0 aliphatic carbocycles. The van der Waals surface area contributed by atoms with E-state index in [2.05, 4.69) is 19.5 Å². The third-order valence-electron chi connectivity index (χ3n) is 3.65. The van der Waals surface area contributed by atoms with Crippen molar-refractivity contribution in [2.24, 2.45) is 0 Å². The van der Waals surface area contributed by atoms with E-state index in [0.29, 0.717) is 11.2 Å². The van der Waals surface area contributed by atoms with E-state index in [1.807, 2.05) is 0 Å². The van der Waals surface area contributed by atoms with Gasteiger partial charge in [-0.3, -0.25) is 9.13 Å². The third kappa shape index (κ3) is 3.13. The number of phosphoric ester groups is 1. The van der Waals surface area contributed by atoms with Crippen LogP contribution in [0.1, 0.15) is 6.23 Å². The molecule has 24 heavy (non-hydrogen) atoms. The number of fused-ring (bicyclic) bond motifs is 1. The van der Waals surface area contributed by atoms with Gasteiger partial charge in [0.25, 0.3) is 7.82 Å². The summed E-state index contributed by atoms with van der Waals surface area (Å²) in [6.45, 7) is -0.571. The van der Waals surface area contributed by atoms with E-state index in [1.54, 1.807) is 0 Å². The van der Waals surface area contributed by atoms with Crippen LogP contribution in [0.25, 0.3) is 11.2 Å². The number of aliphatic hydroxyl groups is 1. The minimum absolute atomic E-state index is 0.179. The summed E-state index contributed by atoms with van der Waals surface area (Å²) in [6, 6.07) is 0. The predicted octanol–water partition coefficient (Wildman–Crippen LogP) is -1.84. The number of hydrogen-bond acceptors (Lipinski definition) is 10. The number of imidazole rings is 1. The summed E-state index contributed by atoms with van der Waals surface area (Å²) in [5, 5.41) is 10.2. The van der Waals surface area contributed by atoms with Crippen molar-refractivity contribution < 1.29 is 33.5 Å². The standard InChI is InChI=1S/C11H16N5O7P/c1-21-8-7(17)5(2-22-24(18,19)20)23-11(8)16-4-15-6-9(12)13-3-14-10(6)16/h3-5,7-8,11,17H,2H2,1H3,(H2,12,13,14)(H2,18,19,20)/p-1/t5-,7-,8-,11-/m1/s1. The molecule has 0 bridgehead atoms. The molecule has 13 heteroatoms. The Kier molecular flexibility index (Phi) is 4.53. The van der Waals surface area contributed by atoms with Gasteiger partial charge >= 0.3 is 0 Å². The van der Waals surface area contributed by atoms with Crippen molar-refractivity contribution in [1.82, 2.24) is 19.5 Å². The van der Waals surface area contributed by atoms with Crippen molar-refractivity contribution in [2.45, 2.75) is 24.5 Å². The largest absolute Gasteiger partial charge is 0.756 e. The van der Waals surface area contributed by atoms with E-state index in [0.717, 1.165) is 0 Å². The number of methoxy groups -OCH3 is 1. The average Bonchev–Trinajstić information content (AvgIpc) is 3.06. The first-order valence-corrected chi connectivity index (χ1v) is 8.29. The highest BCUT2D eigenvalue weighted by molar-refractivity contribution is 7.44. The Labute approximate surface area is 135 Å². The summed E-state index contributed by atoms with van der Waals surface area (Å²) in [7, 11) is -3.57. The van der Waals surface area contributed by atoms with Crippen LogP contribution in [-0.2, 0) is 18.6 Å². The monoisotopic (exact) mass is 360 g/mol. The van der Waals surface area contributed by atoms with Gasteiger partial charge in [0, 0.05) is 7.11 Å². The predicted molar refractivity (Wildman–Crippen MR) is 76.2 cm³/mol. The molecular formula is C11H15N5O7P-. The lowest BCUT2D eigenvalue weighted by Gasteiger charge is -2.20. The smallest absolute Gasteiger partial charge is 0.265 e. The molecule has 0 spiro atoms. The van der Waals surface area contributed by atoms with Crippen LogP contribution in [0.3, 0.4) is 0 Å². The van der Waals surface area contributed by atoms with Gasteiger partial charge in [-0.1, -0.05) is 0 Å². The maximum Gasteiger partial charge on any atom is 0.265 e. The zero-order chi connectivity index (χ0) is 17.5. The number of anilines is 1. The fourth-order valence-corrected chi connectivity index (χ4v) is 2.89. The highest BCUT2D eigenvalue weighted by Gasteiger charge is 2.46. The Morgan fingerprint density at radius 2 is 2.25 bits per heavy atom. The highest BCUT2D eigenvalue weighted by Crippen LogP contribution is 2.37. The van der Waals surface area contributed by atoms with Gasteiger partial charge in [0.05, 0.1) is 12.9 Å². The van der Waals surface area contributed by atoms with E-state index in [-0.39, 0.29) is 5.82 Å². The molecule has 3 heterocycles. The molecule has 0 aromatic carbocycles. The highest BCUT2D eigenvalue weighted by atomic mass is 31.2.